The van der Waals surface area contributed by atoms with Crippen LogP contribution in [0.25, 0.3) is 0 Å². The molecule has 1 atom stereocenters. The predicted octanol–water partition coefficient (Wildman–Crippen LogP) is 1.90. The van der Waals surface area contributed by atoms with Crippen LogP contribution in [-0.4, -0.2) is 23.9 Å². The van der Waals surface area contributed by atoms with Gasteiger partial charge in [0, 0.05) is 13.1 Å². The van der Waals surface area contributed by atoms with Crippen LogP contribution in [0.15, 0.2) is 22.7 Å². The summed E-state index contributed by atoms with van der Waals surface area (Å²) in [5, 5.41) is 0. The Morgan fingerprint density at radius 1 is 1.59 bits per heavy atom. The zero-order chi connectivity index (χ0) is 12.4. The summed E-state index contributed by atoms with van der Waals surface area (Å²) in [5.41, 5.74) is 6.31. The number of hydrogen-bond acceptors (Lipinski definition) is 2. The Kier molecular flexibility index (Phi) is 3.79. The van der Waals surface area contributed by atoms with E-state index in [0.717, 1.165) is 25.1 Å². The van der Waals surface area contributed by atoms with Crippen LogP contribution in [-0.2, 0) is 11.3 Å². The van der Waals surface area contributed by atoms with Gasteiger partial charge in [-0.05, 0) is 46.6 Å². The fourth-order valence-electron chi connectivity index (χ4n) is 2.10. The van der Waals surface area contributed by atoms with Crippen molar-refractivity contribution in [3.05, 3.63) is 34.1 Å². The number of carbonyl (C=O) groups is 1. The van der Waals surface area contributed by atoms with Gasteiger partial charge in [0.05, 0.1) is 10.4 Å². The summed E-state index contributed by atoms with van der Waals surface area (Å²) in [5.74, 6) is -0.531. The molecule has 92 valence electrons. The van der Waals surface area contributed by atoms with Crippen molar-refractivity contribution in [1.82, 2.24) is 4.90 Å². The lowest BCUT2D eigenvalue weighted by molar-refractivity contribution is -0.121. The van der Waals surface area contributed by atoms with Gasteiger partial charge in [0.15, 0.2) is 0 Å². The van der Waals surface area contributed by atoms with Crippen molar-refractivity contribution in [2.24, 2.45) is 11.7 Å². The molecule has 0 spiro atoms. The van der Waals surface area contributed by atoms with E-state index < -0.39 is 0 Å². The third-order valence-electron chi connectivity index (χ3n) is 3.06. The van der Waals surface area contributed by atoms with Crippen LogP contribution >= 0.6 is 15.9 Å². The van der Waals surface area contributed by atoms with Gasteiger partial charge in [-0.15, -0.1) is 0 Å². The number of halogens is 2. The molecule has 1 aliphatic heterocycles. The predicted molar refractivity (Wildman–Crippen MR) is 66.7 cm³/mol. The molecule has 5 heteroatoms. The first kappa shape index (κ1) is 12.5. The minimum Gasteiger partial charge on any atom is -0.369 e. The fourth-order valence-corrected chi connectivity index (χ4v) is 2.53. The lowest BCUT2D eigenvalue weighted by atomic mass is 10.1. The van der Waals surface area contributed by atoms with Gasteiger partial charge in [-0.2, -0.15) is 0 Å². The van der Waals surface area contributed by atoms with E-state index in [1.165, 1.54) is 6.07 Å². The van der Waals surface area contributed by atoms with Crippen molar-refractivity contribution < 1.29 is 9.18 Å². The van der Waals surface area contributed by atoms with E-state index in [0.29, 0.717) is 11.0 Å². The Morgan fingerprint density at radius 2 is 2.35 bits per heavy atom. The number of amides is 1. The van der Waals surface area contributed by atoms with Gasteiger partial charge in [-0.25, -0.2) is 4.39 Å². The van der Waals surface area contributed by atoms with Crippen molar-refractivity contribution in [1.29, 1.82) is 0 Å². The summed E-state index contributed by atoms with van der Waals surface area (Å²) in [6.45, 7) is 2.29. The number of hydrogen-bond donors (Lipinski definition) is 1. The summed E-state index contributed by atoms with van der Waals surface area (Å²) in [7, 11) is 0. The molecule has 0 aliphatic carbocycles. The Labute approximate surface area is 108 Å². The highest BCUT2D eigenvalue weighted by atomic mass is 79.9. The first-order valence-corrected chi connectivity index (χ1v) is 6.31. The number of nitrogens with two attached hydrogens (primary N) is 1. The van der Waals surface area contributed by atoms with Crippen molar-refractivity contribution >= 4 is 21.8 Å². The standard InChI is InChI=1S/C12H14BrFN2O/c13-10-5-8(1-2-11(10)14)6-16-4-3-9(7-16)12(15)17/h1-2,5,9H,3-4,6-7H2,(H2,15,17)/t9-/m1/s1. The molecule has 17 heavy (non-hydrogen) atoms. The number of rotatable bonds is 3. The van der Waals surface area contributed by atoms with Crippen LogP contribution in [0.4, 0.5) is 4.39 Å². The zero-order valence-electron chi connectivity index (χ0n) is 9.33. The summed E-state index contributed by atoms with van der Waals surface area (Å²) in [6.07, 6.45) is 0.817. The van der Waals surface area contributed by atoms with E-state index in [2.05, 4.69) is 20.8 Å². The third-order valence-corrected chi connectivity index (χ3v) is 3.67. The van der Waals surface area contributed by atoms with Gasteiger partial charge in [0.25, 0.3) is 0 Å². The SMILES string of the molecule is NC(=O)[C@@H]1CCN(Cc2ccc(F)c(Br)c2)C1. The largest absolute Gasteiger partial charge is 0.369 e. The fraction of sp³-hybridized carbons (Fsp3) is 0.417. The second-order valence-corrected chi connectivity index (χ2v) is 5.23. The van der Waals surface area contributed by atoms with Crippen molar-refractivity contribution in [2.45, 2.75) is 13.0 Å². The Morgan fingerprint density at radius 3 is 2.94 bits per heavy atom. The second kappa shape index (κ2) is 5.14. The van der Waals surface area contributed by atoms with Crippen LogP contribution in [0.5, 0.6) is 0 Å². The molecule has 1 amide bonds. The number of likely N-dealkylation sites (tertiary alicyclic amines) is 1. The normalized spacial score (nSPS) is 20.7. The third kappa shape index (κ3) is 3.04. The van der Waals surface area contributed by atoms with Crippen LogP contribution in [0.1, 0.15) is 12.0 Å². The molecule has 3 nitrogen and oxygen atoms in total. The lowest BCUT2D eigenvalue weighted by Gasteiger charge is -2.15. The molecule has 0 bridgehead atoms. The van der Waals surface area contributed by atoms with Crippen molar-refractivity contribution in [3.8, 4) is 0 Å². The van der Waals surface area contributed by atoms with E-state index in [1.54, 1.807) is 12.1 Å². The van der Waals surface area contributed by atoms with Crippen LogP contribution in [0.3, 0.4) is 0 Å². The van der Waals surface area contributed by atoms with Gasteiger partial charge in [0.2, 0.25) is 5.91 Å². The van der Waals surface area contributed by atoms with Gasteiger partial charge in [0.1, 0.15) is 5.82 Å². The lowest BCUT2D eigenvalue weighted by Crippen LogP contribution is -2.27. The first-order valence-electron chi connectivity index (χ1n) is 5.52. The molecule has 1 saturated heterocycles. The quantitative estimate of drug-likeness (QED) is 0.927. The minimum atomic E-state index is -0.259. The number of primary amides is 1. The van der Waals surface area contributed by atoms with Crippen LogP contribution in [0.2, 0.25) is 0 Å². The maximum absolute atomic E-state index is 13.1. The van der Waals surface area contributed by atoms with E-state index in [1.807, 2.05) is 0 Å². The molecule has 1 aromatic carbocycles. The summed E-state index contributed by atoms with van der Waals surface area (Å²) in [4.78, 5) is 13.2. The molecule has 1 aliphatic rings. The van der Waals surface area contributed by atoms with Gasteiger partial charge < -0.3 is 5.73 Å². The topological polar surface area (TPSA) is 46.3 Å². The minimum absolute atomic E-state index is 0.0427. The molecule has 0 radical (unpaired) electrons. The van der Waals surface area contributed by atoms with Gasteiger partial charge >= 0.3 is 0 Å². The zero-order valence-corrected chi connectivity index (χ0v) is 10.9. The Hall–Kier alpha value is -0.940. The van der Waals surface area contributed by atoms with E-state index in [9.17, 15) is 9.18 Å². The summed E-state index contributed by atoms with van der Waals surface area (Å²) < 4.78 is 13.5. The highest BCUT2D eigenvalue weighted by molar-refractivity contribution is 9.10. The molecule has 0 saturated carbocycles. The van der Waals surface area contributed by atoms with E-state index in [4.69, 9.17) is 5.73 Å². The molecule has 0 unspecified atom stereocenters. The molecular formula is C12H14BrFN2O. The highest BCUT2D eigenvalue weighted by Crippen LogP contribution is 2.21. The average molecular weight is 301 g/mol. The number of benzene rings is 1. The Balaban J connectivity index is 1.98. The smallest absolute Gasteiger partial charge is 0.221 e. The van der Waals surface area contributed by atoms with Crippen molar-refractivity contribution in [3.63, 3.8) is 0 Å². The molecule has 1 aromatic rings. The van der Waals surface area contributed by atoms with E-state index in [-0.39, 0.29) is 17.6 Å². The number of nitrogens with zero attached hydrogens (tertiary/aromatic N) is 1. The molecule has 1 heterocycles. The molecule has 2 rings (SSSR count). The maximum Gasteiger partial charge on any atom is 0.221 e. The maximum atomic E-state index is 13.1. The summed E-state index contributed by atoms with van der Waals surface area (Å²) in [6, 6.07) is 4.98. The highest BCUT2D eigenvalue weighted by Gasteiger charge is 2.26. The molecular weight excluding hydrogens is 287 g/mol. The second-order valence-electron chi connectivity index (χ2n) is 4.37. The van der Waals surface area contributed by atoms with Gasteiger partial charge in [-0.3, -0.25) is 9.69 Å². The van der Waals surface area contributed by atoms with Crippen LogP contribution < -0.4 is 5.73 Å². The molecule has 1 fully saturated rings. The molecule has 2 N–H and O–H groups in total. The Bertz CT molecular complexity index is 439. The average Bonchev–Trinajstić information content (AvgIpc) is 2.72. The monoisotopic (exact) mass is 300 g/mol. The van der Waals surface area contributed by atoms with Gasteiger partial charge in [-0.1, -0.05) is 6.07 Å². The first-order chi connectivity index (χ1) is 8.06. The number of carbonyl (C=O) groups excluding carboxylic acids is 1. The van der Waals surface area contributed by atoms with Crippen LogP contribution in [0, 0.1) is 11.7 Å². The molecule has 0 aromatic heterocycles. The van der Waals surface area contributed by atoms with E-state index >= 15 is 0 Å². The summed E-state index contributed by atoms with van der Waals surface area (Å²) >= 11 is 3.16. The van der Waals surface area contributed by atoms with Crippen molar-refractivity contribution in [2.75, 3.05) is 13.1 Å².